The lowest BCUT2D eigenvalue weighted by atomic mass is 10.0. The van der Waals surface area contributed by atoms with Gasteiger partial charge in [0.25, 0.3) is 0 Å². The van der Waals surface area contributed by atoms with Crippen LogP contribution in [0, 0.1) is 0 Å². The molecule has 0 bridgehead atoms. The zero-order chi connectivity index (χ0) is 15.2. The van der Waals surface area contributed by atoms with Gasteiger partial charge in [-0.05, 0) is 35.2 Å². The molecule has 0 unspecified atom stereocenters. The minimum atomic E-state index is 0.538. The van der Waals surface area contributed by atoms with E-state index in [1.165, 1.54) is 5.56 Å². The van der Waals surface area contributed by atoms with Crippen LogP contribution in [-0.2, 0) is 0 Å². The van der Waals surface area contributed by atoms with Crippen LogP contribution in [0.1, 0.15) is 30.9 Å². The molecule has 2 aromatic carbocycles. The molecule has 0 fully saturated rings. The summed E-state index contributed by atoms with van der Waals surface area (Å²) in [6.45, 7) is 4.36. The fourth-order valence-corrected chi connectivity index (χ4v) is 2.14. The summed E-state index contributed by atoms with van der Waals surface area (Å²) in [4.78, 5) is 0. The molecule has 0 spiro atoms. The fraction of sp³-hybridized carbons (Fsp3) is 0.235. The molecule has 0 amide bonds. The molecule has 1 N–H and O–H groups in total. The lowest BCUT2D eigenvalue weighted by Crippen LogP contribution is -1.92. The van der Waals surface area contributed by atoms with Crippen LogP contribution in [0.15, 0.2) is 47.6 Å². The molecule has 0 saturated heterocycles. The Morgan fingerprint density at radius 1 is 1.14 bits per heavy atom. The Labute approximate surface area is 130 Å². The highest BCUT2D eigenvalue weighted by molar-refractivity contribution is 6.32. The molecular weight excluding hydrogens is 284 g/mol. The summed E-state index contributed by atoms with van der Waals surface area (Å²) in [5, 5.41) is 4.76. The molecule has 0 heterocycles. The Morgan fingerprint density at radius 3 is 2.43 bits per heavy atom. The number of hydrogen-bond donors (Lipinski definition) is 1. The first-order valence-corrected chi connectivity index (χ1v) is 7.20. The molecule has 0 aliphatic rings. The van der Waals surface area contributed by atoms with E-state index in [1.807, 2.05) is 6.07 Å². The van der Waals surface area contributed by atoms with E-state index in [0.717, 1.165) is 11.3 Å². The van der Waals surface area contributed by atoms with E-state index in [-0.39, 0.29) is 0 Å². The number of ether oxygens (including phenoxy) is 1. The Bertz CT molecular complexity index is 621. The summed E-state index contributed by atoms with van der Waals surface area (Å²) >= 11 is 6.06. The van der Waals surface area contributed by atoms with Gasteiger partial charge in [0.15, 0.2) is 0 Å². The second-order valence-corrected chi connectivity index (χ2v) is 5.45. The van der Waals surface area contributed by atoms with Gasteiger partial charge in [-0.1, -0.05) is 49.7 Å². The Morgan fingerprint density at radius 2 is 1.86 bits per heavy atom. The molecule has 2 rings (SSSR count). The molecule has 0 saturated carbocycles. The minimum absolute atomic E-state index is 0.538. The monoisotopic (exact) mass is 302 g/mol. The highest BCUT2D eigenvalue weighted by atomic mass is 35.5. The third-order valence-electron chi connectivity index (χ3n) is 3.16. The standard InChI is InChI=1S/C17H19ClN2O/c1-12(2)14-6-4-13(5-7-14)11-19-20-15-8-9-17(21-3)16(18)10-15/h4-12,20H,1-3H3/b19-11+. The largest absolute Gasteiger partial charge is 0.495 e. The van der Waals surface area contributed by atoms with Crippen molar-refractivity contribution >= 4 is 23.5 Å². The van der Waals surface area contributed by atoms with E-state index in [0.29, 0.717) is 16.7 Å². The summed E-state index contributed by atoms with van der Waals surface area (Å²) in [5.74, 6) is 1.19. The van der Waals surface area contributed by atoms with E-state index in [4.69, 9.17) is 16.3 Å². The van der Waals surface area contributed by atoms with Gasteiger partial charge in [0.05, 0.1) is 24.0 Å². The van der Waals surface area contributed by atoms with Crippen molar-refractivity contribution < 1.29 is 4.74 Å². The molecule has 0 radical (unpaired) electrons. The Hall–Kier alpha value is -2.00. The number of hydrazone groups is 1. The number of halogens is 1. The highest BCUT2D eigenvalue weighted by Crippen LogP contribution is 2.27. The normalized spacial score (nSPS) is 11.1. The van der Waals surface area contributed by atoms with Gasteiger partial charge in [-0.3, -0.25) is 5.43 Å². The summed E-state index contributed by atoms with van der Waals surface area (Å²) in [6, 6.07) is 13.8. The maximum Gasteiger partial charge on any atom is 0.137 e. The van der Waals surface area contributed by atoms with E-state index in [2.05, 4.69) is 48.6 Å². The number of rotatable bonds is 5. The van der Waals surface area contributed by atoms with Gasteiger partial charge in [0.1, 0.15) is 5.75 Å². The molecule has 21 heavy (non-hydrogen) atoms. The first kappa shape index (κ1) is 15.4. The summed E-state index contributed by atoms with van der Waals surface area (Å²) in [7, 11) is 1.59. The molecule has 0 atom stereocenters. The zero-order valence-electron chi connectivity index (χ0n) is 12.4. The van der Waals surface area contributed by atoms with Crippen molar-refractivity contribution in [3.8, 4) is 5.75 Å². The lowest BCUT2D eigenvalue weighted by molar-refractivity contribution is 0.415. The maximum absolute atomic E-state index is 6.06. The Kier molecular flexibility index (Phi) is 5.23. The molecule has 2 aromatic rings. The zero-order valence-corrected chi connectivity index (χ0v) is 13.2. The fourth-order valence-electron chi connectivity index (χ4n) is 1.88. The highest BCUT2D eigenvalue weighted by Gasteiger charge is 2.00. The average molecular weight is 303 g/mol. The van der Waals surface area contributed by atoms with Gasteiger partial charge in [-0.2, -0.15) is 5.10 Å². The predicted octanol–water partition coefficient (Wildman–Crippen LogP) is 4.92. The SMILES string of the molecule is COc1ccc(N/N=C/c2ccc(C(C)C)cc2)cc1Cl. The van der Waals surface area contributed by atoms with Crippen LogP contribution >= 0.6 is 11.6 Å². The van der Waals surface area contributed by atoms with E-state index < -0.39 is 0 Å². The van der Waals surface area contributed by atoms with Crippen LogP contribution in [0.2, 0.25) is 5.02 Å². The minimum Gasteiger partial charge on any atom is -0.495 e. The quantitative estimate of drug-likeness (QED) is 0.628. The van der Waals surface area contributed by atoms with Crippen LogP contribution in [0.25, 0.3) is 0 Å². The van der Waals surface area contributed by atoms with Gasteiger partial charge >= 0.3 is 0 Å². The molecule has 0 aliphatic heterocycles. The summed E-state index contributed by atoms with van der Waals surface area (Å²) < 4.78 is 5.11. The van der Waals surface area contributed by atoms with Crippen molar-refractivity contribution in [3.63, 3.8) is 0 Å². The first-order valence-electron chi connectivity index (χ1n) is 6.82. The first-order chi connectivity index (χ1) is 10.1. The van der Waals surface area contributed by atoms with E-state index in [1.54, 1.807) is 25.5 Å². The van der Waals surface area contributed by atoms with E-state index in [9.17, 15) is 0 Å². The number of nitrogens with one attached hydrogen (secondary N) is 1. The average Bonchev–Trinajstić information content (AvgIpc) is 2.48. The molecule has 4 heteroatoms. The number of anilines is 1. The molecule has 3 nitrogen and oxygen atoms in total. The lowest BCUT2D eigenvalue weighted by Gasteiger charge is -2.06. The van der Waals surface area contributed by atoms with Gasteiger partial charge in [0, 0.05) is 0 Å². The van der Waals surface area contributed by atoms with Crippen LogP contribution < -0.4 is 10.2 Å². The number of nitrogens with zero attached hydrogens (tertiary/aromatic N) is 1. The smallest absolute Gasteiger partial charge is 0.137 e. The van der Waals surface area contributed by atoms with Gasteiger partial charge in [0.2, 0.25) is 0 Å². The molecule has 110 valence electrons. The van der Waals surface area contributed by atoms with Crippen molar-refractivity contribution in [1.82, 2.24) is 0 Å². The van der Waals surface area contributed by atoms with E-state index >= 15 is 0 Å². The van der Waals surface area contributed by atoms with Crippen LogP contribution in [0.4, 0.5) is 5.69 Å². The van der Waals surface area contributed by atoms with Gasteiger partial charge in [-0.25, -0.2) is 0 Å². The van der Waals surface area contributed by atoms with Crippen molar-refractivity contribution in [3.05, 3.63) is 58.6 Å². The van der Waals surface area contributed by atoms with Crippen molar-refractivity contribution in [2.75, 3.05) is 12.5 Å². The van der Waals surface area contributed by atoms with Crippen molar-refractivity contribution in [2.45, 2.75) is 19.8 Å². The Balaban J connectivity index is 2.00. The van der Waals surface area contributed by atoms with Crippen molar-refractivity contribution in [2.24, 2.45) is 5.10 Å². The maximum atomic E-state index is 6.06. The number of methoxy groups -OCH3 is 1. The summed E-state index contributed by atoms with van der Waals surface area (Å²) in [5.41, 5.74) is 6.14. The van der Waals surface area contributed by atoms with Crippen LogP contribution in [0.5, 0.6) is 5.75 Å². The van der Waals surface area contributed by atoms with Crippen molar-refractivity contribution in [1.29, 1.82) is 0 Å². The van der Waals surface area contributed by atoms with Crippen LogP contribution in [-0.4, -0.2) is 13.3 Å². The topological polar surface area (TPSA) is 33.6 Å². The second-order valence-electron chi connectivity index (χ2n) is 5.04. The third-order valence-corrected chi connectivity index (χ3v) is 3.46. The van der Waals surface area contributed by atoms with Gasteiger partial charge < -0.3 is 4.74 Å². The molecule has 0 aliphatic carbocycles. The molecule has 0 aromatic heterocycles. The third kappa shape index (κ3) is 4.23. The molecular formula is C17H19ClN2O. The second kappa shape index (κ2) is 7.14. The van der Waals surface area contributed by atoms with Gasteiger partial charge in [-0.15, -0.1) is 0 Å². The predicted molar refractivity (Wildman–Crippen MR) is 89.8 cm³/mol. The summed E-state index contributed by atoms with van der Waals surface area (Å²) in [6.07, 6.45) is 1.78. The van der Waals surface area contributed by atoms with Crippen LogP contribution in [0.3, 0.4) is 0 Å². The number of benzene rings is 2. The number of hydrogen-bond acceptors (Lipinski definition) is 3.